The maximum absolute atomic E-state index is 12.2. The lowest BCUT2D eigenvalue weighted by Crippen LogP contribution is -2.12. The number of fused-ring (bicyclic) bond motifs is 1. The molecule has 30 heavy (non-hydrogen) atoms. The fraction of sp³-hybridized carbons (Fsp3) is 0.0909. The molecule has 8 nitrogen and oxygen atoms in total. The van der Waals surface area contributed by atoms with Crippen LogP contribution in [0.15, 0.2) is 72.8 Å². The van der Waals surface area contributed by atoms with E-state index in [1.165, 1.54) is 12.1 Å². The molecule has 8 heteroatoms. The number of rotatable bonds is 7. The minimum absolute atomic E-state index is 0.0158. The molecule has 4 aromatic rings. The highest BCUT2D eigenvalue weighted by atomic mass is 16.6. The molecule has 0 saturated carbocycles. The SMILES string of the molecule is O=C(CCc1nc2cc([N+](=O)[O-])ccc2[nH]1)Nc1ccc(Oc2ccccc2)cc1. The summed E-state index contributed by atoms with van der Waals surface area (Å²) in [4.78, 5) is 30.1. The second kappa shape index (κ2) is 8.44. The van der Waals surface area contributed by atoms with Gasteiger partial charge in [-0.15, -0.1) is 0 Å². The first-order valence-corrected chi connectivity index (χ1v) is 9.33. The Morgan fingerprint density at radius 1 is 1.03 bits per heavy atom. The highest BCUT2D eigenvalue weighted by molar-refractivity contribution is 5.90. The molecule has 0 fully saturated rings. The topological polar surface area (TPSA) is 110 Å². The molecule has 3 aromatic carbocycles. The van der Waals surface area contributed by atoms with Crippen LogP contribution in [0.1, 0.15) is 12.2 Å². The van der Waals surface area contributed by atoms with Crippen molar-refractivity contribution in [3.63, 3.8) is 0 Å². The van der Waals surface area contributed by atoms with Crippen molar-refractivity contribution in [2.24, 2.45) is 0 Å². The largest absolute Gasteiger partial charge is 0.457 e. The molecule has 0 saturated heterocycles. The molecule has 0 bridgehead atoms. The number of anilines is 1. The van der Waals surface area contributed by atoms with E-state index in [1.54, 1.807) is 30.3 Å². The highest BCUT2D eigenvalue weighted by Gasteiger charge is 2.11. The average Bonchev–Trinajstić information content (AvgIpc) is 3.16. The van der Waals surface area contributed by atoms with E-state index in [2.05, 4.69) is 15.3 Å². The van der Waals surface area contributed by atoms with Crippen molar-refractivity contribution in [3.8, 4) is 11.5 Å². The Labute approximate surface area is 171 Å². The van der Waals surface area contributed by atoms with Gasteiger partial charge in [0.1, 0.15) is 17.3 Å². The Kier molecular flexibility index (Phi) is 5.38. The number of nitrogens with zero attached hydrogens (tertiary/aromatic N) is 2. The summed E-state index contributed by atoms with van der Waals surface area (Å²) in [5.74, 6) is 1.87. The number of para-hydroxylation sites is 1. The molecule has 1 heterocycles. The summed E-state index contributed by atoms with van der Waals surface area (Å²) in [6, 6.07) is 21.0. The number of nitro groups is 1. The number of nitro benzene ring substituents is 1. The number of aromatic nitrogens is 2. The summed E-state index contributed by atoms with van der Waals surface area (Å²) >= 11 is 0. The molecule has 0 aliphatic heterocycles. The van der Waals surface area contributed by atoms with E-state index in [1.807, 2.05) is 30.3 Å². The predicted octanol–water partition coefficient (Wildman–Crippen LogP) is 4.83. The molecule has 0 aliphatic carbocycles. The smallest absolute Gasteiger partial charge is 0.271 e. The molecule has 1 amide bonds. The van der Waals surface area contributed by atoms with Crippen LogP contribution in [0.4, 0.5) is 11.4 Å². The number of benzene rings is 3. The van der Waals surface area contributed by atoms with Crippen molar-refractivity contribution < 1.29 is 14.5 Å². The van der Waals surface area contributed by atoms with Crippen molar-refractivity contribution >= 4 is 28.3 Å². The fourth-order valence-electron chi connectivity index (χ4n) is 2.97. The molecule has 0 unspecified atom stereocenters. The number of aryl methyl sites for hydroxylation is 1. The van der Waals surface area contributed by atoms with Crippen LogP contribution >= 0.6 is 0 Å². The molecule has 0 atom stereocenters. The number of non-ortho nitro benzene ring substituents is 1. The minimum Gasteiger partial charge on any atom is -0.457 e. The van der Waals surface area contributed by atoms with Gasteiger partial charge in [-0.25, -0.2) is 4.98 Å². The normalized spacial score (nSPS) is 10.7. The van der Waals surface area contributed by atoms with Crippen LogP contribution < -0.4 is 10.1 Å². The second-order valence-electron chi connectivity index (χ2n) is 6.63. The van der Waals surface area contributed by atoms with E-state index in [-0.39, 0.29) is 18.0 Å². The Hall–Kier alpha value is -4.20. The lowest BCUT2D eigenvalue weighted by Gasteiger charge is -2.08. The monoisotopic (exact) mass is 402 g/mol. The number of imidazole rings is 1. The zero-order chi connectivity index (χ0) is 20.9. The molecule has 150 valence electrons. The van der Waals surface area contributed by atoms with Crippen LogP contribution in [0.5, 0.6) is 11.5 Å². The number of hydrogen-bond donors (Lipinski definition) is 2. The summed E-state index contributed by atoms with van der Waals surface area (Å²) in [6.07, 6.45) is 0.619. The van der Waals surface area contributed by atoms with Crippen molar-refractivity contribution in [2.45, 2.75) is 12.8 Å². The van der Waals surface area contributed by atoms with Gasteiger partial charge in [0.15, 0.2) is 0 Å². The molecule has 4 rings (SSSR count). The quantitative estimate of drug-likeness (QED) is 0.340. The van der Waals surface area contributed by atoms with Crippen molar-refractivity contribution in [1.82, 2.24) is 9.97 Å². The van der Waals surface area contributed by atoms with Crippen LogP contribution in [-0.2, 0) is 11.2 Å². The summed E-state index contributed by atoms with van der Waals surface area (Å²) in [5.41, 5.74) is 1.86. The van der Waals surface area contributed by atoms with Gasteiger partial charge in [0.05, 0.1) is 16.0 Å². The molecule has 1 aromatic heterocycles. The lowest BCUT2D eigenvalue weighted by atomic mass is 10.2. The van der Waals surface area contributed by atoms with Gasteiger partial charge in [-0.3, -0.25) is 14.9 Å². The standard InChI is InChI=1S/C22H18N4O4/c27-22(13-12-21-24-19-11-8-16(26(28)29)14-20(19)25-21)23-15-6-9-18(10-7-15)30-17-4-2-1-3-5-17/h1-11,14H,12-13H2,(H,23,27)(H,24,25). The third kappa shape index (κ3) is 4.61. The van der Waals surface area contributed by atoms with Gasteiger partial charge in [0.25, 0.3) is 5.69 Å². The number of nitrogens with one attached hydrogen (secondary N) is 2. The zero-order valence-corrected chi connectivity index (χ0v) is 15.9. The van der Waals surface area contributed by atoms with Gasteiger partial charge < -0.3 is 15.0 Å². The second-order valence-corrected chi connectivity index (χ2v) is 6.63. The lowest BCUT2D eigenvalue weighted by molar-refractivity contribution is -0.384. The van der Waals surface area contributed by atoms with Crippen molar-refractivity contribution in [2.75, 3.05) is 5.32 Å². The number of carbonyl (C=O) groups is 1. The van der Waals surface area contributed by atoms with E-state index in [4.69, 9.17) is 4.74 Å². The summed E-state index contributed by atoms with van der Waals surface area (Å²) in [5, 5.41) is 13.7. The molecule has 0 spiro atoms. The van der Waals surface area contributed by atoms with Crippen LogP contribution in [0, 0.1) is 10.1 Å². The first-order chi connectivity index (χ1) is 14.6. The van der Waals surface area contributed by atoms with E-state index in [0.717, 1.165) is 5.75 Å². The number of H-pyrrole nitrogens is 1. The Morgan fingerprint density at radius 2 is 1.77 bits per heavy atom. The first kappa shape index (κ1) is 19.1. The Morgan fingerprint density at radius 3 is 2.50 bits per heavy atom. The van der Waals surface area contributed by atoms with Crippen LogP contribution in [0.25, 0.3) is 11.0 Å². The molecule has 0 aliphatic rings. The zero-order valence-electron chi connectivity index (χ0n) is 15.9. The number of hydrogen-bond acceptors (Lipinski definition) is 5. The van der Waals surface area contributed by atoms with Crippen molar-refractivity contribution in [1.29, 1.82) is 0 Å². The molecule has 0 radical (unpaired) electrons. The first-order valence-electron chi connectivity index (χ1n) is 9.33. The van der Waals surface area contributed by atoms with Crippen molar-refractivity contribution in [3.05, 3.63) is 88.7 Å². The summed E-state index contributed by atoms with van der Waals surface area (Å²) < 4.78 is 5.73. The van der Waals surface area contributed by atoms with Gasteiger partial charge in [-0.05, 0) is 42.5 Å². The highest BCUT2D eigenvalue weighted by Crippen LogP contribution is 2.23. The predicted molar refractivity (Wildman–Crippen MR) is 113 cm³/mol. The van der Waals surface area contributed by atoms with E-state index < -0.39 is 4.92 Å². The minimum atomic E-state index is -0.461. The maximum atomic E-state index is 12.2. The third-order valence-electron chi connectivity index (χ3n) is 4.43. The summed E-state index contributed by atoms with van der Waals surface area (Å²) in [6.45, 7) is 0. The molecular weight excluding hydrogens is 384 g/mol. The van der Waals surface area contributed by atoms with Crippen LogP contribution in [-0.4, -0.2) is 20.8 Å². The van der Waals surface area contributed by atoms with Crippen LogP contribution in [0.3, 0.4) is 0 Å². The van der Waals surface area contributed by atoms with Gasteiger partial charge in [-0.2, -0.15) is 0 Å². The van der Waals surface area contributed by atoms with E-state index in [9.17, 15) is 14.9 Å². The number of ether oxygens (including phenoxy) is 1. The number of amides is 1. The van der Waals surface area contributed by atoms with E-state index >= 15 is 0 Å². The average molecular weight is 402 g/mol. The summed E-state index contributed by atoms with van der Waals surface area (Å²) in [7, 11) is 0. The Balaban J connectivity index is 1.32. The molecule has 2 N–H and O–H groups in total. The number of carbonyl (C=O) groups excluding carboxylic acids is 1. The van der Waals surface area contributed by atoms with Gasteiger partial charge in [0.2, 0.25) is 5.91 Å². The number of aromatic amines is 1. The molecular formula is C22H18N4O4. The van der Waals surface area contributed by atoms with E-state index in [0.29, 0.717) is 34.7 Å². The Bertz CT molecular complexity index is 1190. The van der Waals surface area contributed by atoms with Gasteiger partial charge in [0, 0.05) is 30.7 Å². The fourth-order valence-corrected chi connectivity index (χ4v) is 2.97. The maximum Gasteiger partial charge on any atom is 0.271 e. The van der Waals surface area contributed by atoms with Crippen LogP contribution in [0.2, 0.25) is 0 Å². The van der Waals surface area contributed by atoms with Gasteiger partial charge >= 0.3 is 0 Å². The third-order valence-corrected chi connectivity index (χ3v) is 4.43. The van der Waals surface area contributed by atoms with Gasteiger partial charge in [-0.1, -0.05) is 18.2 Å².